The zero-order valence-corrected chi connectivity index (χ0v) is 14.0. The van der Waals surface area contributed by atoms with Crippen molar-refractivity contribution in [3.8, 4) is 5.88 Å². The Morgan fingerprint density at radius 1 is 1.35 bits per heavy atom. The van der Waals surface area contributed by atoms with Crippen LogP contribution in [0.3, 0.4) is 0 Å². The van der Waals surface area contributed by atoms with Gasteiger partial charge in [-0.1, -0.05) is 29.8 Å². The number of para-hydroxylation sites is 1. The minimum Gasteiger partial charge on any atom is -0.447 e. The second-order valence-electron chi connectivity index (χ2n) is 5.32. The molecule has 0 aliphatic carbocycles. The molecule has 2 aromatic rings. The molecule has 0 unspecified atom stereocenters. The van der Waals surface area contributed by atoms with E-state index in [4.69, 9.17) is 21.1 Å². The van der Waals surface area contributed by atoms with E-state index in [0.29, 0.717) is 0 Å². The number of rotatable bonds is 3. The number of fused-ring (bicyclic) bond motifs is 1. The first-order chi connectivity index (χ1) is 10.8. The summed E-state index contributed by atoms with van der Waals surface area (Å²) in [4.78, 5) is 2.98. The molecule has 1 fully saturated rings. The molecular weight excluding hydrogens is 394 g/mol. The fourth-order valence-electron chi connectivity index (χ4n) is 2.41. The van der Waals surface area contributed by atoms with Gasteiger partial charge in [-0.05, 0) is 22.0 Å². The number of aliphatic hydroxyl groups excluding tert-OH is 3. The molecule has 3 rings (SSSR count). The molecule has 9 heteroatoms. The van der Waals surface area contributed by atoms with Gasteiger partial charge in [-0.15, -0.1) is 0 Å². The summed E-state index contributed by atoms with van der Waals surface area (Å²) in [7, 11) is 0. The number of aromatic nitrogens is 1. The average Bonchev–Trinajstić information content (AvgIpc) is 2.93. The van der Waals surface area contributed by atoms with Gasteiger partial charge in [0.1, 0.15) is 12.2 Å². The first kappa shape index (κ1) is 17.0. The van der Waals surface area contributed by atoms with E-state index >= 15 is 0 Å². The molecular formula is C14H15BrClNO6. The second kappa shape index (κ2) is 5.89. The van der Waals surface area contributed by atoms with E-state index in [2.05, 4.69) is 20.9 Å². The van der Waals surface area contributed by atoms with Gasteiger partial charge >= 0.3 is 0 Å². The number of nitrogens with one attached hydrogen (secondary N) is 1. The summed E-state index contributed by atoms with van der Waals surface area (Å²) in [6.07, 6.45) is -4.83. The van der Waals surface area contributed by atoms with Gasteiger partial charge in [-0.3, -0.25) is 0 Å². The van der Waals surface area contributed by atoms with Gasteiger partial charge in [0.25, 0.3) is 0 Å². The number of hydrogen-bond donors (Lipinski definition) is 5. The number of benzene rings is 1. The van der Waals surface area contributed by atoms with E-state index in [1.54, 1.807) is 6.07 Å². The normalized spacial score (nSPS) is 37.9. The quantitative estimate of drug-likeness (QED) is 0.476. The molecule has 1 aromatic carbocycles. The van der Waals surface area contributed by atoms with Crippen LogP contribution in [0.4, 0.5) is 0 Å². The van der Waals surface area contributed by atoms with Crippen molar-refractivity contribution >= 4 is 38.4 Å². The highest BCUT2D eigenvalue weighted by Gasteiger charge is 2.63. The van der Waals surface area contributed by atoms with Crippen molar-refractivity contribution in [2.75, 3.05) is 6.61 Å². The highest BCUT2D eigenvalue weighted by molar-refractivity contribution is 9.10. The summed E-state index contributed by atoms with van der Waals surface area (Å²) < 4.78 is 8.96. The maximum absolute atomic E-state index is 10.1. The molecule has 5 N–H and O–H groups in total. The largest absolute Gasteiger partial charge is 0.447 e. The number of ether oxygens (including phenoxy) is 2. The molecule has 1 aliphatic heterocycles. The molecule has 0 radical (unpaired) electrons. The Balaban J connectivity index is 1.87. The fraction of sp³-hybridized carbons (Fsp3) is 0.429. The minimum absolute atomic E-state index is 0.287. The summed E-state index contributed by atoms with van der Waals surface area (Å²) >= 11 is 8.76. The number of hydrogen-bond acceptors (Lipinski definition) is 6. The third kappa shape index (κ3) is 2.74. The number of aliphatic hydroxyl groups is 4. The van der Waals surface area contributed by atoms with Crippen LogP contribution in [0.15, 0.2) is 30.3 Å². The summed E-state index contributed by atoms with van der Waals surface area (Å²) in [5, 5.41) is 38.0. The van der Waals surface area contributed by atoms with E-state index in [9.17, 15) is 20.4 Å². The first-order valence-corrected chi connectivity index (χ1v) is 7.95. The van der Waals surface area contributed by atoms with Crippen molar-refractivity contribution in [2.45, 2.75) is 28.1 Å². The van der Waals surface area contributed by atoms with Crippen LogP contribution in [0.2, 0.25) is 0 Å². The highest BCUT2D eigenvalue weighted by atomic mass is 79.9. The van der Waals surface area contributed by atoms with Crippen LogP contribution in [0.5, 0.6) is 5.88 Å². The lowest BCUT2D eigenvalue weighted by Gasteiger charge is -2.48. The van der Waals surface area contributed by atoms with Gasteiger partial charge in [0, 0.05) is 17.0 Å². The highest BCUT2D eigenvalue weighted by Crippen LogP contribution is 2.45. The zero-order chi connectivity index (χ0) is 16.8. The maximum atomic E-state index is 10.1. The lowest BCUT2D eigenvalue weighted by Crippen LogP contribution is -2.69. The van der Waals surface area contributed by atoms with Crippen molar-refractivity contribution in [1.82, 2.24) is 4.98 Å². The minimum atomic E-state index is -2.44. The zero-order valence-electron chi connectivity index (χ0n) is 11.7. The van der Waals surface area contributed by atoms with E-state index in [-0.39, 0.29) is 5.88 Å². The van der Waals surface area contributed by atoms with Crippen LogP contribution in [0.25, 0.3) is 10.9 Å². The maximum Gasteiger partial charge on any atom is 0.232 e. The molecule has 1 aromatic heterocycles. The van der Waals surface area contributed by atoms with Crippen molar-refractivity contribution in [1.29, 1.82) is 0 Å². The van der Waals surface area contributed by atoms with Crippen molar-refractivity contribution in [3.63, 3.8) is 0 Å². The van der Waals surface area contributed by atoms with Crippen LogP contribution < -0.4 is 4.74 Å². The van der Waals surface area contributed by atoms with E-state index in [1.807, 2.05) is 24.3 Å². The molecule has 2 heterocycles. The van der Waals surface area contributed by atoms with Gasteiger partial charge < -0.3 is 34.9 Å². The molecule has 1 saturated heterocycles. The van der Waals surface area contributed by atoms with Crippen LogP contribution in [-0.2, 0) is 4.74 Å². The summed E-state index contributed by atoms with van der Waals surface area (Å²) in [6, 6.07) is 9.11. The molecule has 0 saturated carbocycles. The molecule has 1 aliphatic rings. The molecule has 23 heavy (non-hydrogen) atoms. The smallest absolute Gasteiger partial charge is 0.232 e. The first-order valence-electron chi connectivity index (χ1n) is 6.78. The summed E-state index contributed by atoms with van der Waals surface area (Å²) in [5.74, 6) is 0.287. The topological polar surface area (TPSA) is 115 Å². The Kier molecular flexibility index (Phi) is 4.35. The van der Waals surface area contributed by atoms with Gasteiger partial charge in [0.2, 0.25) is 11.4 Å². The van der Waals surface area contributed by atoms with Gasteiger partial charge in [0.05, 0.1) is 6.61 Å². The van der Waals surface area contributed by atoms with Gasteiger partial charge in [-0.2, -0.15) is 0 Å². The molecule has 0 amide bonds. The van der Waals surface area contributed by atoms with E-state index in [0.717, 1.165) is 10.9 Å². The Labute approximate surface area is 144 Å². The van der Waals surface area contributed by atoms with E-state index < -0.39 is 34.7 Å². The van der Waals surface area contributed by atoms with Crippen molar-refractivity contribution < 1.29 is 29.9 Å². The number of H-pyrrole nitrogens is 1. The van der Waals surface area contributed by atoms with Crippen molar-refractivity contribution in [2.24, 2.45) is 0 Å². The number of aromatic amines is 1. The third-order valence-electron chi connectivity index (χ3n) is 3.77. The lowest BCUT2D eigenvalue weighted by atomic mass is 9.98. The monoisotopic (exact) mass is 407 g/mol. The predicted molar refractivity (Wildman–Crippen MR) is 85.4 cm³/mol. The van der Waals surface area contributed by atoms with Crippen molar-refractivity contribution in [3.05, 3.63) is 30.3 Å². The van der Waals surface area contributed by atoms with Crippen LogP contribution in [0, 0.1) is 0 Å². The molecule has 0 bridgehead atoms. The molecule has 7 nitrogen and oxygen atoms in total. The third-order valence-corrected chi connectivity index (χ3v) is 5.57. The average molecular weight is 409 g/mol. The fourth-order valence-corrected chi connectivity index (χ4v) is 3.06. The molecule has 0 spiro atoms. The second-order valence-corrected chi connectivity index (χ2v) is 7.18. The molecule has 5 atom stereocenters. The Morgan fingerprint density at radius 2 is 2.04 bits per heavy atom. The Morgan fingerprint density at radius 3 is 2.70 bits per heavy atom. The number of alkyl halides is 2. The van der Waals surface area contributed by atoms with Gasteiger partial charge in [0.15, 0.2) is 10.4 Å². The standard InChI is InChI=1S/C14H15BrClNO6/c15-13(6-18)14(16,21)11(20)10(19)12(23-13)22-9-5-7-3-1-2-4-8(7)17-9/h1-5,10-12,17-21H,6H2/t10-,11-,12-,13-,14-/m1/s1. The molecule has 126 valence electrons. The van der Waals surface area contributed by atoms with Crippen LogP contribution >= 0.6 is 27.5 Å². The SMILES string of the molecule is OC[C@@]1(Br)O[C@@H](Oc2cc3ccccc3[nH]2)[C@H](O)[C@@H](O)[C@]1(O)Cl. The summed E-state index contributed by atoms with van der Waals surface area (Å²) in [6.45, 7) is -0.761. The Hall–Kier alpha value is -0.870. The predicted octanol–water partition coefficient (Wildman–Crippen LogP) is 0.636. The summed E-state index contributed by atoms with van der Waals surface area (Å²) in [5.41, 5.74) is 0.814. The Bertz CT molecular complexity index is 676. The number of halogens is 2. The van der Waals surface area contributed by atoms with Crippen LogP contribution in [-0.4, -0.2) is 60.1 Å². The van der Waals surface area contributed by atoms with E-state index in [1.165, 1.54) is 0 Å². The van der Waals surface area contributed by atoms with Gasteiger partial charge in [-0.25, -0.2) is 0 Å². The van der Waals surface area contributed by atoms with Crippen LogP contribution in [0.1, 0.15) is 0 Å². The lowest BCUT2D eigenvalue weighted by molar-refractivity contribution is -0.300.